The number of hydrogen-bond acceptors (Lipinski definition) is 6. The van der Waals surface area contributed by atoms with Crippen molar-refractivity contribution in [1.29, 1.82) is 0 Å². The van der Waals surface area contributed by atoms with E-state index in [1.54, 1.807) is 30.3 Å². The molecule has 1 aliphatic rings. The van der Waals surface area contributed by atoms with Gasteiger partial charge in [0.15, 0.2) is 0 Å². The molecule has 11 nitrogen and oxygen atoms in total. The molecule has 0 spiro atoms. The van der Waals surface area contributed by atoms with Gasteiger partial charge in [-0.25, -0.2) is 14.6 Å². The Hall–Kier alpha value is -4.84. The third-order valence-corrected chi connectivity index (χ3v) is 6.22. The van der Waals surface area contributed by atoms with Gasteiger partial charge in [0, 0.05) is 4.91 Å². The van der Waals surface area contributed by atoms with Crippen molar-refractivity contribution in [3.8, 4) is 0 Å². The Kier molecular flexibility index (Phi) is 7.32. The van der Waals surface area contributed by atoms with E-state index in [1.807, 2.05) is 0 Å². The van der Waals surface area contributed by atoms with Crippen LogP contribution in [0.1, 0.15) is 41.9 Å². The average Bonchev–Trinajstić information content (AvgIpc) is 3.20. The lowest BCUT2D eigenvalue weighted by Gasteiger charge is -2.23. The fourth-order valence-corrected chi connectivity index (χ4v) is 4.35. The molecule has 2 aromatic carbocycles. The topological polar surface area (TPSA) is 150 Å². The summed E-state index contributed by atoms with van der Waals surface area (Å²) in [5.74, 6) is -1.52. The van der Waals surface area contributed by atoms with E-state index >= 15 is 0 Å². The maximum absolute atomic E-state index is 13.6. The van der Waals surface area contributed by atoms with E-state index in [2.05, 4.69) is 15.0 Å². The van der Waals surface area contributed by atoms with Crippen LogP contribution in [0.25, 0.3) is 10.4 Å². The Labute approximate surface area is 218 Å². The van der Waals surface area contributed by atoms with Gasteiger partial charge in [0.25, 0.3) is 5.56 Å². The highest BCUT2D eigenvalue weighted by atomic mass is 19.4. The number of ether oxygens (including phenoxy) is 1. The molecule has 202 valence electrons. The smallest absolute Gasteiger partial charge is 0.416 e. The van der Waals surface area contributed by atoms with Crippen LogP contribution >= 0.6 is 0 Å². The van der Waals surface area contributed by atoms with Crippen molar-refractivity contribution in [2.24, 2.45) is 5.11 Å². The predicted molar refractivity (Wildman–Crippen MR) is 131 cm³/mol. The molecule has 2 atom stereocenters. The van der Waals surface area contributed by atoms with Crippen LogP contribution in [0, 0.1) is 0 Å². The van der Waals surface area contributed by atoms with Gasteiger partial charge in [-0.3, -0.25) is 14.3 Å². The van der Waals surface area contributed by atoms with Crippen LogP contribution in [-0.4, -0.2) is 26.7 Å². The van der Waals surface area contributed by atoms with E-state index in [4.69, 9.17) is 10.3 Å². The first-order valence-corrected chi connectivity index (χ1v) is 11.5. The Morgan fingerprint density at radius 3 is 2.56 bits per heavy atom. The van der Waals surface area contributed by atoms with Gasteiger partial charge in [0.05, 0.1) is 18.3 Å². The van der Waals surface area contributed by atoms with Crippen molar-refractivity contribution < 1.29 is 32.6 Å². The molecular formula is C25H21F3N6O5. The Morgan fingerprint density at radius 2 is 1.92 bits per heavy atom. The molecule has 39 heavy (non-hydrogen) atoms. The van der Waals surface area contributed by atoms with E-state index in [9.17, 15) is 32.7 Å². The minimum absolute atomic E-state index is 0.0279. The molecule has 0 unspecified atom stereocenters. The van der Waals surface area contributed by atoms with Gasteiger partial charge in [-0.15, -0.1) is 0 Å². The molecule has 0 bridgehead atoms. The van der Waals surface area contributed by atoms with Crippen LogP contribution < -0.4 is 10.5 Å². The fraction of sp³-hybridized carbons (Fsp3) is 0.280. The van der Waals surface area contributed by atoms with Gasteiger partial charge in [-0.2, -0.15) is 13.2 Å². The predicted octanol–water partition coefficient (Wildman–Crippen LogP) is 5.16. The molecule has 0 saturated carbocycles. The Bertz CT molecular complexity index is 1520. The van der Waals surface area contributed by atoms with Crippen LogP contribution in [-0.2, 0) is 34.4 Å². The highest BCUT2D eigenvalue weighted by molar-refractivity contribution is 5.87. The number of alkyl halides is 3. The van der Waals surface area contributed by atoms with Crippen LogP contribution in [0.5, 0.6) is 0 Å². The lowest BCUT2D eigenvalue weighted by Crippen LogP contribution is -2.39. The van der Waals surface area contributed by atoms with E-state index < -0.39 is 53.2 Å². The number of aromatic nitrogens is 2. The van der Waals surface area contributed by atoms with Gasteiger partial charge >= 0.3 is 18.2 Å². The number of aliphatic carboxylic acids is 1. The SMILES string of the molecule is C[C@@]1(N=[N+]=[N-])C[C@@H](C(=O)O)n2c1ncc(N(Cc1cccc(C(F)(F)F)c1)C(=O)OCc1ccccc1)c2=O. The van der Waals surface area contributed by atoms with Gasteiger partial charge in [0.1, 0.15) is 29.7 Å². The van der Waals surface area contributed by atoms with Crippen LogP contribution in [0.2, 0.25) is 0 Å². The number of anilines is 1. The molecule has 1 N–H and O–H groups in total. The number of carbonyl (C=O) groups is 2. The lowest BCUT2D eigenvalue weighted by atomic mass is 9.98. The van der Waals surface area contributed by atoms with Crippen molar-refractivity contribution in [3.63, 3.8) is 0 Å². The number of rotatable bonds is 7. The Morgan fingerprint density at radius 1 is 1.23 bits per heavy atom. The molecule has 0 fully saturated rings. The highest BCUT2D eigenvalue weighted by Crippen LogP contribution is 2.41. The van der Waals surface area contributed by atoms with Crippen LogP contribution in [0.15, 0.2) is 70.7 Å². The summed E-state index contributed by atoms with van der Waals surface area (Å²) in [4.78, 5) is 46.5. The number of hydrogen-bond donors (Lipinski definition) is 1. The molecule has 1 amide bonds. The summed E-state index contributed by atoms with van der Waals surface area (Å²) in [5.41, 5.74) is 5.80. The van der Waals surface area contributed by atoms with Crippen molar-refractivity contribution >= 4 is 17.7 Å². The lowest BCUT2D eigenvalue weighted by molar-refractivity contribution is -0.141. The second-order valence-corrected chi connectivity index (χ2v) is 8.99. The molecule has 1 aliphatic heterocycles. The first-order chi connectivity index (χ1) is 18.4. The second-order valence-electron chi connectivity index (χ2n) is 8.99. The number of fused-ring (bicyclic) bond motifs is 1. The summed E-state index contributed by atoms with van der Waals surface area (Å²) in [6.07, 6.45) is -5.01. The number of nitrogens with zero attached hydrogens (tertiary/aromatic N) is 6. The average molecular weight is 542 g/mol. The number of halogens is 3. The number of carbonyl (C=O) groups excluding carboxylic acids is 1. The number of carboxylic acids is 1. The van der Waals surface area contributed by atoms with E-state index in [1.165, 1.54) is 13.0 Å². The van der Waals surface area contributed by atoms with E-state index in [0.717, 1.165) is 33.9 Å². The first-order valence-electron chi connectivity index (χ1n) is 11.5. The normalized spacial score (nSPS) is 18.1. The molecule has 0 radical (unpaired) electrons. The summed E-state index contributed by atoms with van der Waals surface area (Å²) in [5, 5.41) is 13.4. The largest absolute Gasteiger partial charge is 0.480 e. The molecule has 3 aromatic rings. The van der Waals surface area contributed by atoms with Crippen LogP contribution in [0.3, 0.4) is 0 Å². The third kappa shape index (κ3) is 5.55. The van der Waals surface area contributed by atoms with Gasteiger partial charge < -0.3 is 9.84 Å². The zero-order valence-corrected chi connectivity index (χ0v) is 20.4. The second kappa shape index (κ2) is 10.5. The van der Waals surface area contributed by atoms with Crippen LogP contribution in [0.4, 0.5) is 23.7 Å². The van der Waals surface area contributed by atoms with Crippen molar-refractivity contribution in [2.45, 2.75) is 44.3 Å². The summed E-state index contributed by atoms with van der Waals surface area (Å²) in [6, 6.07) is 11.3. The van der Waals surface area contributed by atoms with Gasteiger partial charge in [0.2, 0.25) is 0 Å². The van der Waals surface area contributed by atoms with Crippen molar-refractivity contribution in [1.82, 2.24) is 9.55 Å². The van der Waals surface area contributed by atoms with Gasteiger partial charge in [-0.05, 0) is 42.1 Å². The summed E-state index contributed by atoms with van der Waals surface area (Å²) < 4.78 is 46.1. The van der Waals surface area contributed by atoms with Crippen molar-refractivity contribution in [2.75, 3.05) is 4.90 Å². The molecule has 4 rings (SSSR count). The van der Waals surface area contributed by atoms with Crippen molar-refractivity contribution in [3.05, 3.63) is 104 Å². The molecule has 0 saturated heterocycles. The number of azide groups is 1. The molecule has 1 aromatic heterocycles. The summed E-state index contributed by atoms with van der Waals surface area (Å²) in [6.45, 7) is 0.701. The minimum atomic E-state index is -4.65. The quantitative estimate of drug-likeness (QED) is 0.247. The molecule has 0 aliphatic carbocycles. The number of carboxylic acid groups (broad SMARTS) is 1. The number of benzene rings is 2. The van der Waals surface area contributed by atoms with E-state index in [-0.39, 0.29) is 24.4 Å². The summed E-state index contributed by atoms with van der Waals surface area (Å²) >= 11 is 0. The number of amides is 1. The molecule has 2 heterocycles. The first kappa shape index (κ1) is 27.2. The highest BCUT2D eigenvalue weighted by Gasteiger charge is 2.46. The van der Waals surface area contributed by atoms with Gasteiger partial charge in [-0.1, -0.05) is 47.6 Å². The fourth-order valence-electron chi connectivity index (χ4n) is 4.35. The third-order valence-electron chi connectivity index (χ3n) is 6.22. The molecule has 14 heteroatoms. The summed E-state index contributed by atoms with van der Waals surface area (Å²) in [7, 11) is 0. The van der Waals surface area contributed by atoms with E-state index in [0.29, 0.717) is 5.56 Å². The maximum Gasteiger partial charge on any atom is 0.416 e. The Balaban J connectivity index is 1.79. The maximum atomic E-state index is 13.6. The molecular weight excluding hydrogens is 521 g/mol. The zero-order chi connectivity index (χ0) is 28.4. The zero-order valence-electron chi connectivity index (χ0n) is 20.4. The minimum Gasteiger partial charge on any atom is -0.480 e. The monoisotopic (exact) mass is 542 g/mol. The standard InChI is InChI=1S/C25H21F3N6O5/c1-24(31-32-29)11-18(21(36)37)34-20(35)19(12-30-22(24)34)33(23(38)39-14-15-6-3-2-4-7-15)13-16-8-5-9-17(10-16)25(26,27)28/h2-10,12,18H,11,13-14H2,1H3,(H,36,37)/t18-,24+/m0/s1.